The first kappa shape index (κ1) is 35.0. The number of amides is 6. The summed E-state index contributed by atoms with van der Waals surface area (Å²) in [5.74, 6) is -2.15. The van der Waals surface area contributed by atoms with Crippen molar-refractivity contribution in [1.82, 2.24) is 15.2 Å². The summed E-state index contributed by atoms with van der Waals surface area (Å²) in [4.78, 5) is 80.3. The van der Waals surface area contributed by atoms with Crippen molar-refractivity contribution in [3.05, 3.63) is 120 Å². The second-order valence-corrected chi connectivity index (χ2v) is 11.9. The number of carbonyl (C=O) groups is 6. The molecule has 1 atom stereocenters. The van der Waals surface area contributed by atoms with E-state index >= 15 is 0 Å². The average Bonchev–Trinajstić information content (AvgIpc) is 3.59. The fourth-order valence-corrected chi connectivity index (χ4v) is 5.66. The molecule has 4 aromatic rings. The van der Waals surface area contributed by atoms with Gasteiger partial charge in [0, 0.05) is 36.0 Å². The molecule has 0 radical (unpaired) electrons. The Bertz CT molecular complexity index is 1900. The fraction of sp³-hybridized carbons (Fsp3) is 0.216. The Hall–Kier alpha value is -6.37. The van der Waals surface area contributed by atoms with Crippen molar-refractivity contribution in [2.45, 2.75) is 38.1 Å². The van der Waals surface area contributed by atoms with Gasteiger partial charge in [0.15, 0.2) is 0 Å². The molecular weight excluding hydrogens is 638 g/mol. The van der Waals surface area contributed by atoms with Crippen LogP contribution >= 0.6 is 0 Å². The molecule has 13 heteroatoms. The summed E-state index contributed by atoms with van der Waals surface area (Å²) in [6, 6.07) is 23.6. The summed E-state index contributed by atoms with van der Waals surface area (Å²) in [5, 5.41) is 11.0. The third-order valence-electron chi connectivity index (χ3n) is 7.93. The van der Waals surface area contributed by atoms with E-state index in [0.29, 0.717) is 58.7 Å². The van der Waals surface area contributed by atoms with E-state index < -0.39 is 17.9 Å². The quantitative estimate of drug-likeness (QED) is 0.144. The fourth-order valence-electron chi connectivity index (χ4n) is 5.66. The predicted molar refractivity (Wildman–Crippen MR) is 187 cm³/mol. The van der Waals surface area contributed by atoms with Gasteiger partial charge in [-0.3, -0.25) is 33.8 Å². The highest BCUT2D eigenvalue weighted by Crippen LogP contribution is 2.21. The number of benzene rings is 3. The molecule has 3 aromatic carbocycles. The van der Waals surface area contributed by atoms with E-state index in [1.165, 1.54) is 11.1 Å². The molecule has 0 aliphatic carbocycles. The molecule has 256 valence electrons. The zero-order valence-electron chi connectivity index (χ0n) is 27.2. The van der Waals surface area contributed by atoms with Crippen LogP contribution in [0.25, 0.3) is 0 Å². The standard InChI is InChI=1S/C37H37N7O6/c38-32(45)23-40-37(50)31-13-5-15-44(31)35(48)21-26-8-3-11-29(18-26)42-33(46)19-24-6-1-10-28(16-24)41-34(47)20-25-7-2-12-30(17-25)43-36(49)27-9-4-14-39-22-27/h1-4,6-12,14,16-18,22,31H,5,13,15,19-21,23H2,(H2,38,45)(H,40,50)(H,41,47)(H,42,46)(H,43,49). The molecule has 1 aliphatic rings. The smallest absolute Gasteiger partial charge is 0.257 e. The van der Waals surface area contributed by atoms with Gasteiger partial charge in [-0.1, -0.05) is 36.4 Å². The van der Waals surface area contributed by atoms with Crippen molar-refractivity contribution in [3.63, 3.8) is 0 Å². The van der Waals surface area contributed by atoms with Crippen LogP contribution in [0, 0.1) is 0 Å². The highest BCUT2D eigenvalue weighted by Gasteiger charge is 2.33. The minimum Gasteiger partial charge on any atom is -0.368 e. The SMILES string of the molecule is NC(=O)CNC(=O)C1CCCN1C(=O)Cc1cccc(NC(=O)Cc2cccc(NC(=O)Cc3cccc(NC(=O)c4cccnc4)c3)c2)c1. The summed E-state index contributed by atoms with van der Waals surface area (Å²) >= 11 is 0. The molecule has 50 heavy (non-hydrogen) atoms. The van der Waals surface area contributed by atoms with E-state index in [-0.39, 0.29) is 49.4 Å². The minimum atomic E-state index is -0.659. The van der Waals surface area contributed by atoms with Crippen molar-refractivity contribution >= 4 is 52.5 Å². The molecule has 1 unspecified atom stereocenters. The lowest BCUT2D eigenvalue weighted by Gasteiger charge is -2.24. The maximum absolute atomic E-state index is 13.1. The number of nitrogens with one attached hydrogen (secondary N) is 4. The van der Waals surface area contributed by atoms with Crippen LogP contribution in [0.15, 0.2) is 97.3 Å². The number of anilines is 3. The van der Waals surface area contributed by atoms with Gasteiger partial charge in [-0.15, -0.1) is 0 Å². The van der Waals surface area contributed by atoms with Crippen LogP contribution in [0.2, 0.25) is 0 Å². The third kappa shape index (κ3) is 10.1. The van der Waals surface area contributed by atoms with Crippen LogP contribution in [0.4, 0.5) is 17.1 Å². The molecule has 6 amide bonds. The predicted octanol–water partition coefficient (Wildman–Crippen LogP) is 2.83. The maximum Gasteiger partial charge on any atom is 0.257 e. The molecular formula is C37H37N7O6. The van der Waals surface area contributed by atoms with Gasteiger partial charge in [-0.2, -0.15) is 0 Å². The zero-order valence-corrected chi connectivity index (χ0v) is 27.2. The Morgan fingerprint density at radius 3 is 1.82 bits per heavy atom. The molecule has 0 saturated carbocycles. The molecule has 5 rings (SSSR count). The van der Waals surface area contributed by atoms with Crippen LogP contribution in [0.1, 0.15) is 39.9 Å². The summed E-state index contributed by atoms with van der Waals surface area (Å²) in [6.45, 7) is 0.147. The van der Waals surface area contributed by atoms with Gasteiger partial charge in [0.05, 0.1) is 31.4 Å². The summed E-state index contributed by atoms with van der Waals surface area (Å²) in [7, 11) is 0. The second-order valence-electron chi connectivity index (χ2n) is 11.9. The largest absolute Gasteiger partial charge is 0.368 e. The van der Waals surface area contributed by atoms with Gasteiger partial charge in [0.25, 0.3) is 5.91 Å². The normalized spacial score (nSPS) is 13.6. The molecule has 1 aromatic heterocycles. The number of hydrogen-bond acceptors (Lipinski definition) is 7. The Morgan fingerprint density at radius 2 is 1.28 bits per heavy atom. The molecule has 2 heterocycles. The number of rotatable bonds is 13. The Balaban J connectivity index is 1.11. The van der Waals surface area contributed by atoms with E-state index in [2.05, 4.69) is 26.3 Å². The van der Waals surface area contributed by atoms with E-state index in [4.69, 9.17) is 5.73 Å². The van der Waals surface area contributed by atoms with Crippen LogP contribution in [0.3, 0.4) is 0 Å². The number of likely N-dealkylation sites (tertiary alicyclic amines) is 1. The van der Waals surface area contributed by atoms with Crippen LogP contribution in [0.5, 0.6) is 0 Å². The summed E-state index contributed by atoms with van der Waals surface area (Å²) in [6.07, 6.45) is 4.38. The topological polar surface area (TPSA) is 193 Å². The molecule has 1 aliphatic heterocycles. The third-order valence-corrected chi connectivity index (χ3v) is 7.93. The van der Waals surface area contributed by atoms with E-state index in [0.717, 1.165) is 0 Å². The van der Waals surface area contributed by atoms with Crippen molar-refractivity contribution < 1.29 is 28.8 Å². The summed E-state index contributed by atoms with van der Waals surface area (Å²) < 4.78 is 0. The van der Waals surface area contributed by atoms with Crippen molar-refractivity contribution in [2.24, 2.45) is 5.73 Å². The maximum atomic E-state index is 13.1. The highest BCUT2D eigenvalue weighted by atomic mass is 16.2. The number of carbonyl (C=O) groups excluding carboxylic acids is 6. The lowest BCUT2D eigenvalue weighted by Crippen LogP contribution is -2.48. The Labute approximate surface area is 288 Å². The number of hydrogen-bond donors (Lipinski definition) is 5. The Kier molecular flexibility index (Phi) is 11.6. The summed E-state index contributed by atoms with van der Waals surface area (Å²) in [5.41, 5.74) is 9.19. The second kappa shape index (κ2) is 16.6. The van der Waals surface area contributed by atoms with Gasteiger partial charge in [-0.05, 0) is 78.1 Å². The minimum absolute atomic E-state index is 0.0371. The molecule has 0 bridgehead atoms. The van der Waals surface area contributed by atoms with E-state index in [1.54, 1.807) is 91.1 Å². The van der Waals surface area contributed by atoms with Gasteiger partial charge in [0.1, 0.15) is 6.04 Å². The first-order chi connectivity index (χ1) is 24.1. The molecule has 13 nitrogen and oxygen atoms in total. The Morgan fingerprint density at radius 1 is 0.720 bits per heavy atom. The number of aromatic nitrogens is 1. The zero-order chi connectivity index (χ0) is 35.5. The lowest BCUT2D eigenvalue weighted by atomic mass is 10.1. The average molecular weight is 676 g/mol. The van der Waals surface area contributed by atoms with Crippen molar-refractivity contribution in [1.29, 1.82) is 0 Å². The van der Waals surface area contributed by atoms with Gasteiger partial charge < -0.3 is 31.9 Å². The molecule has 6 N–H and O–H groups in total. The van der Waals surface area contributed by atoms with E-state index in [9.17, 15) is 28.8 Å². The van der Waals surface area contributed by atoms with E-state index in [1.807, 2.05) is 0 Å². The monoisotopic (exact) mass is 675 g/mol. The van der Waals surface area contributed by atoms with Crippen LogP contribution in [-0.4, -0.2) is 64.5 Å². The van der Waals surface area contributed by atoms with Crippen LogP contribution in [-0.2, 0) is 43.2 Å². The van der Waals surface area contributed by atoms with Crippen molar-refractivity contribution in [3.8, 4) is 0 Å². The highest BCUT2D eigenvalue weighted by molar-refractivity contribution is 6.04. The van der Waals surface area contributed by atoms with Gasteiger partial charge in [0.2, 0.25) is 29.5 Å². The number of nitrogens with two attached hydrogens (primary N) is 1. The van der Waals surface area contributed by atoms with Gasteiger partial charge in [-0.25, -0.2) is 0 Å². The first-order valence-corrected chi connectivity index (χ1v) is 16.1. The van der Waals surface area contributed by atoms with Crippen molar-refractivity contribution in [2.75, 3.05) is 29.0 Å². The lowest BCUT2D eigenvalue weighted by molar-refractivity contribution is -0.138. The van der Waals surface area contributed by atoms with Crippen LogP contribution < -0.4 is 27.0 Å². The van der Waals surface area contributed by atoms with Gasteiger partial charge >= 0.3 is 0 Å². The molecule has 1 fully saturated rings. The molecule has 0 spiro atoms. The number of pyridine rings is 1. The molecule has 1 saturated heterocycles. The first-order valence-electron chi connectivity index (χ1n) is 16.1. The number of primary amides is 1. The number of nitrogens with zero attached hydrogens (tertiary/aromatic N) is 2.